The third-order valence-electron chi connectivity index (χ3n) is 5.35. The molecule has 2 aliphatic heterocycles. The van der Waals surface area contributed by atoms with Crippen molar-refractivity contribution >= 4 is 46.2 Å². The molecule has 2 aromatic rings. The largest absolute Gasteiger partial charge is 0.497 e. The number of nitrogens with zero attached hydrogens (tertiary/aromatic N) is 4. The molecule has 0 unspecified atom stereocenters. The molecule has 8 nitrogen and oxygen atoms in total. The van der Waals surface area contributed by atoms with Gasteiger partial charge in [-0.25, -0.2) is 0 Å². The highest BCUT2D eigenvalue weighted by Crippen LogP contribution is 2.34. The molecular weight excluding hydrogens is 460 g/mol. The molecule has 2 saturated heterocycles. The maximum Gasteiger partial charge on any atom is 0.266 e. The van der Waals surface area contributed by atoms with E-state index in [1.165, 1.54) is 11.8 Å². The van der Waals surface area contributed by atoms with Crippen LogP contribution in [0.15, 0.2) is 33.6 Å². The molecule has 33 heavy (non-hydrogen) atoms. The van der Waals surface area contributed by atoms with E-state index in [1.54, 1.807) is 18.1 Å². The van der Waals surface area contributed by atoms with Crippen LogP contribution in [-0.2, 0) is 16.0 Å². The van der Waals surface area contributed by atoms with Gasteiger partial charge in [-0.3, -0.25) is 9.69 Å². The first-order chi connectivity index (χ1) is 15.9. The average Bonchev–Trinajstić information content (AvgIpc) is 3.32. The Kier molecular flexibility index (Phi) is 7.02. The van der Waals surface area contributed by atoms with Gasteiger partial charge in [0, 0.05) is 25.7 Å². The SMILES string of the molecule is COc1ccc(CCN2C(=O)/C(=C\c3nc(C#N)c(N4C[C@H](C)O[C@@H](C)C4)o3)SC2=S)cc1. The molecule has 0 saturated carbocycles. The summed E-state index contributed by atoms with van der Waals surface area (Å²) in [6.45, 7) is 5.62. The number of anilines is 1. The number of rotatable bonds is 6. The Bertz CT molecular complexity index is 1110. The molecule has 2 fully saturated rings. The molecule has 0 bridgehead atoms. The first-order valence-corrected chi connectivity index (χ1v) is 11.8. The Hall–Kier alpha value is -2.87. The fourth-order valence-electron chi connectivity index (χ4n) is 3.86. The number of thioether (sulfide) groups is 1. The molecule has 1 aromatic carbocycles. The minimum atomic E-state index is -0.189. The van der Waals surface area contributed by atoms with Gasteiger partial charge in [0.05, 0.1) is 24.2 Å². The Morgan fingerprint density at radius 3 is 2.64 bits per heavy atom. The van der Waals surface area contributed by atoms with Gasteiger partial charge >= 0.3 is 0 Å². The summed E-state index contributed by atoms with van der Waals surface area (Å²) in [7, 11) is 1.62. The molecule has 2 atom stereocenters. The number of carbonyl (C=O) groups is 1. The molecule has 1 amide bonds. The number of benzene rings is 1. The van der Waals surface area contributed by atoms with Crippen LogP contribution in [0.2, 0.25) is 0 Å². The lowest BCUT2D eigenvalue weighted by Gasteiger charge is -2.34. The molecule has 10 heteroatoms. The predicted molar refractivity (Wildman–Crippen MR) is 130 cm³/mol. The molecule has 4 rings (SSSR count). The molecule has 1 aromatic heterocycles. The van der Waals surface area contributed by atoms with Crippen LogP contribution in [0.25, 0.3) is 6.08 Å². The molecule has 0 aliphatic carbocycles. The number of methoxy groups -OCH3 is 1. The fourth-order valence-corrected chi connectivity index (χ4v) is 5.13. The molecule has 0 N–H and O–H groups in total. The van der Waals surface area contributed by atoms with E-state index in [9.17, 15) is 10.1 Å². The van der Waals surface area contributed by atoms with Crippen molar-refractivity contribution in [1.82, 2.24) is 9.88 Å². The third kappa shape index (κ3) is 5.21. The van der Waals surface area contributed by atoms with Gasteiger partial charge in [-0.2, -0.15) is 10.2 Å². The third-order valence-corrected chi connectivity index (χ3v) is 6.73. The van der Waals surface area contributed by atoms with Gasteiger partial charge in [0.1, 0.15) is 16.1 Å². The number of hydrogen-bond acceptors (Lipinski definition) is 9. The van der Waals surface area contributed by atoms with Crippen LogP contribution < -0.4 is 9.64 Å². The summed E-state index contributed by atoms with van der Waals surface area (Å²) in [6.07, 6.45) is 2.25. The second-order valence-electron chi connectivity index (χ2n) is 7.91. The first kappa shape index (κ1) is 23.3. The average molecular weight is 485 g/mol. The van der Waals surface area contributed by atoms with Crippen molar-refractivity contribution in [3.63, 3.8) is 0 Å². The van der Waals surface area contributed by atoms with Crippen molar-refractivity contribution in [2.24, 2.45) is 0 Å². The van der Waals surface area contributed by atoms with Crippen molar-refractivity contribution in [2.75, 3.05) is 31.6 Å². The lowest BCUT2D eigenvalue weighted by atomic mass is 10.1. The van der Waals surface area contributed by atoms with Gasteiger partial charge in [0.25, 0.3) is 5.91 Å². The minimum Gasteiger partial charge on any atom is -0.497 e. The normalized spacial score (nSPS) is 22.2. The Morgan fingerprint density at radius 2 is 2.00 bits per heavy atom. The van der Waals surface area contributed by atoms with Gasteiger partial charge in [-0.15, -0.1) is 0 Å². The Labute approximate surface area is 202 Å². The summed E-state index contributed by atoms with van der Waals surface area (Å²) >= 11 is 6.64. The number of hydrogen-bond donors (Lipinski definition) is 0. The van der Waals surface area contributed by atoms with Crippen molar-refractivity contribution < 1.29 is 18.7 Å². The predicted octanol–water partition coefficient (Wildman–Crippen LogP) is 3.61. The van der Waals surface area contributed by atoms with E-state index in [2.05, 4.69) is 11.1 Å². The number of oxazole rings is 1. The topological polar surface area (TPSA) is 91.8 Å². The van der Waals surface area contributed by atoms with Crippen LogP contribution in [0.3, 0.4) is 0 Å². The van der Waals surface area contributed by atoms with E-state index in [4.69, 9.17) is 26.1 Å². The number of aromatic nitrogens is 1. The van der Waals surface area contributed by atoms with Crippen LogP contribution in [0.4, 0.5) is 5.88 Å². The second kappa shape index (κ2) is 9.95. The molecule has 172 valence electrons. The Morgan fingerprint density at radius 1 is 1.30 bits per heavy atom. The van der Waals surface area contributed by atoms with Crippen LogP contribution >= 0.6 is 24.0 Å². The van der Waals surface area contributed by atoms with Crippen molar-refractivity contribution in [1.29, 1.82) is 5.26 Å². The van der Waals surface area contributed by atoms with Gasteiger partial charge in [0.15, 0.2) is 0 Å². The van der Waals surface area contributed by atoms with Gasteiger partial charge in [-0.05, 0) is 38.0 Å². The fraction of sp³-hybridized carbons (Fsp3) is 0.391. The number of nitriles is 1. The number of morpholine rings is 1. The van der Waals surface area contributed by atoms with E-state index >= 15 is 0 Å². The highest BCUT2D eigenvalue weighted by atomic mass is 32.2. The summed E-state index contributed by atoms with van der Waals surface area (Å²) in [4.78, 5) is 21.2. The lowest BCUT2D eigenvalue weighted by molar-refractivity contribution is -0.122. The maximum atomic E-state index is 13.0. The highest BCUT2D eigenvalue weighted by molar-refractivity contribution is 8.26. The summed E-state index contributed by atoms with van der Waals surface area (Å²) in [5.41, 5.74) is 1.27. The molecule has 2 aliphatic rings. The maximum absolute atomic E-state index is 13.0. The van der Waals surface area contributed by atoms with Crippen LogP contribution in [0.5, 0.6) is 5.75 Å². The van der Waals surface area contributed by atoms with Gasteiger partial charge < -0.3 is 18.8 Å². The molecule has 0 spiro atoms. The van der Waals surface area contributed by atoms with Crippen molar-refractivity contribution in [2.45, 2.75) is 32.5 Å². The van der Waals surface area contributed by atoms with Gasteiger partial charge in [0.2, 0.25) is 17.5 Å². The Balaban J connectivity index is 1.47. The van der Waals surface area contributed by atoms with Gasteiger partial charge in [-0.1, -0.05) is 36.1 Å². The lowest BCUT2D eigenvalue weighted by Crippen LogP contribution is -2.45. The highest BCUT2D eigenvalue weighted by Gasteiger charge is 2.33. The van der Waals surface area contributed by atoms with Crippen LogP contribution in [0, 0.1) is 11.3 Å². The standard InChI is InChI=1S/C23H24N4O4S2/c1-14-12-26(13-15(2)30-14)22-18(11-24)25-20(31-22)10-19-21(28)27(23(32)33-19)9-8-16-4-6-17(29-3)7-5-16/h4-7,10,14-15H,8-9,12-13H2,1-3H3/b19-10+/t14-,15-/m0/s1. The minimum absolute atomic E-state index is 0.01000. The summed E-state index contributed by atoms with van der Waals surface area (Å²) in [5.74, 6) is 1.21. The number of carbonyl (C=O) groups excluding carboxylic acids is 1. The molecule has 3 heterocycles. The van der Waals surface area contributed by atoms with E-state index in [0.717, 1.165) is 11.3 Å². The quantitative estimate of drug-likeness (QED) is 0.450. The summed E-state index contributed by atoms with van der Waals surface area (Å²) in [5, 5.41) is 9.54. The van der Waals surface area contributed by atoms with E-state index in [1.807, 2.05) is 43.0 Å². The van der Waals surface area contributed by atoms with Crippen LogP contribution in [-0.4, -0.2) is 59.1 Å². The molecular formula is C23H24N4O4S2. The van der Waals surface area contributed by atoms with E-state index < -0.39 is 0 Å². The molecule has 0 radical (unpaired) electrons. The summed E-state index contributed by atoms with van der Waals surface area (Å²) < 4.78 is 17.3. The zero-order chi connectivity index (χ0) is 23.5. The second-order valence-corrected chi connectivity index (χ2v) is 9.59. The van der Waals surface area contributed by atoms with Crippen LogP contribution in [0.1, 0.15) is 31.0 Å². The first-order valence-electron chi connectivity index (χ1n) is 10.6. The number of thiocarbonyl (C=S) groups is 1. The zero-order valence-corrected chi connectivity index (χ0v) is 20.2. The number of amides is 1. The van der Waals surface area contributed by atoms with E-state index in [-0.39, 0.29) is 29.7 Å². The van der Waals surface area contributed by atoms with Crippen molar-refractivity contribution in [3.8, 4) is 11.8 Å². The zero-order valence-electron chi connectivity index (χ0n) is 18.6. The van der Waals surface area contributed by atoms with Crippen molar-refractivity contribution in [3.05, 3.63) is 46.3 Å². The van der Waals surface area contributed by atoms with E-state index in [0.29, 0.717) is 41.2 Å². The summed E-state index contributed by atoms with van der Waals surface area (Å²) in [6, 6.07) is 9.81. The number of ether oxygens (including phenoxy) is 2. The monoisotopic (exact) mass is 484 g/mol. The smallest absolute Gasteiger partial charge is 0.266 e.